The van der Waals surface area contributed by atoms with Crippen LogP contribution >= 0.6 is 0 Å². The maximum atomic E-state index is 12.9. The monoisotopic (exact) mass is 415 g/mol. The van der Waals surface area contributed by atoms with Gasteiger partial charge in [-0.25, -0.2) is 4.98 Å². The predicted octanol–water partition coefficient (Wildman–Crippen LogP) is 1.71. The Morgan fingerprint density at radius 2 is 2.07 bits per heavy atom. The van der Waals surface area contributed by atoms with Crippen LogP contribution < -0.4 is 21.3 Å². The molecule has 166 valence electrons. The Balaban J connectivity index is 1.52. The van der Waals surface area contributed by atoms with Gasteiger partial charge in [0, 0.05) is 43.4 Å². The number of aliphatic hydroxyl groups is 1. The van der Waals surface area contributed by atoms with Crippen molar-refractivity contribution in [1.82, 2.24) is 15.6 Å². The van der Waals surface area contributed by atoms with Crippen molar-refractivity contribution in [2.45, 2.75) is 83.0 Å². The number of fused-ring (bicyclic) bond motifs is 1. The molecule has 2 heterocycles. The van der Waals surface area contributed by atoms with Crippen molar-refractivity contribution in [2.75, 3.05) is 24.6 Å². The fraction of sp³-hybridized carbons (Fsp3) is 0.739. The molecular formula is C23H37N5O2. The zero-order valence-electron chi connectivity index (χ0n) is 18.2. The minimum Gasteiger partial charge on any atom is -0.396 e. The van der Waals surface area contributed by atoms with Gasteiger partial charge in [-0.2, -0.15) is 0 Å². The second-order valence-corrected chi connectivity index (χ2v) is 9.37. The maximum absolute atomic E-state index is 12.9. The van der Waals surface area contributed by atoms with Crippen molar-refractivity contribution in [3.8, 4) is 0 Å². The molecule has 3 atom stereocenters. The van der Waals surface area contributed by atoms with Gasteiger partial charge in [-0.05, 0) is 57.1 Å². The van der Waals surface area contributed by atoms with Crippen molar-refractivity contribution in [1.29, 1.82) is 0 Å². The SMILES string of the molecule is CC(N)NC(=O)c1cc2c(nc1N1CCC(NC3CCCCC3)C(CO)C1)CCC2. The average Bonchev–Trinajstić information content (AvgIpc) is 3.21. The molecule has 7 nitrogen and oxygen atoms in total. The zero-order valence-corrected chi connectivity index (χ0v) is 18.2. The van der Waals surface area contributed by atoms with Crippen LogP contribution in [0.3, 0.4) is 0 Å². The number of carbonyl (C=O) groups is 1. The maximum Gasteiger partial charge on any atom is 0.256 e. The number of amides is 1. The van der Waals surface area contributed by atoms with Crippen LogP contribution in [-0.4, -0.2) is 53.9 Å². The lowest BCUT2D eigenvalue weighted by Crippen LogP contribution is -2.54. The highest BCUT2D eigenvalue weighted by Gasteiger charge is 2.33. The molecule has 0 bridgehead atoms. The molecule has 2 aliphatic carbocycles. The summed E-state index contributed by atoms with van der Waals surface area (Å²) >= 11 is 0. The average molecular weight is 416 g/mol. The normalized spacial score (nSPS) is 25.8. The largest absolute Gasteiger partial charge is 0.396 e. The fourth-order valence-corrected chi connectivity index (χ4v) is 5.35. The summed E-state index contributed by atoms with van der Waals surface area (Å²) < 4.78 is 0. The first-order chi connectivity index (χ1) is 14.5. The fourth-order valence-electron chi connectivity index (χ4n) is 5.35. The van der Waals surface area contributed by atoms with Crippen LogP contribution in [0.4, 0.5) is 5.82 Å². The van der Waals surface area contributed by atoms with Crippen LogP contribution in [0.25, 0.3) is 0 Å². The Labute approximate surface area is 179 Å². The van der Waals surface area contributed by atoms with E-state index in [1.54, 1.807) is 6.92 Å². The first-order valence-electron chi connectivity index (χ1n) is 11.8. The van der Waals surface area contributed by atoms with Crippen molar-refractivity contribution in [3.63, 3.8) is 0 Å². The summed E-state index contributed by atoms with van der Waals surface area (Å²) in [7, 11) is 0. The van der Waals surface area contributed by atoms with E-state index in [9.17, 15) is 9.90 Å². The molecule has 3 aliphatic rings. The van der Waals surface area contributed by atoms with Crippen molar-refractivity contribution in [3.05, 3.63) is 22.9 Å². The highest BCUT2D eigenvalue weighted by atomic mass is 16.3. The Bertz CT molecular complexity index is 747. The molecule has 5 N–H and O–H groups in total. The molecule has 1 aliphatic heterocycles. The molecule has 3 unspecified atom stereocenters. The van der Waals surface area contributed by atoms with Gasteiger partial charge in [0.1, 0.15) is 5.82 Å². The first kappa shape index (κ1) is 21.5. The van der Waals surface area contributed by atoms with Gasteiger partial charge in [-0.15, -0.1) is 0 Å². The van der Waals surface area contributed by atoms with Crippen LogP contribution in [0.5, 0.6) is 0 Å². The van der Waals surface area contributed by atoms with E-state index in [0.29, 0.717) is 24.2 Å². The van der Waals surface area contributed by atoms with Crippen LogP contribution in [0.15, 0.2) is 6.07 Å². The van der Waals surface area contributed by atoms with Gasteiger partial charge < -0.3 is 26.4 Å². The minimum atomic E-state index is -0.408. The number of nitrogens with one attached hydrogen (secondary N) is 2. The molecule has 1 aromatic heterocycles. The Hall–Kier alpha value is -1.70. The highest BCUT2D eigenvalue weighted by Crippen LogP contribution is 2.31. The van der Waals surface area contributed by atoms with E-state index >= 15 is 0 Å². The summed E-state index contributed by atoms with van der Waals surface area (Å²) in [5.74, 6) is 0.730. The molecule has 1 aromatic rings. The van der Waals surface area contributed by atoms with Crippen molar-refractivity contribution < 1.29 is 9.90 Å². The number of aryl methyl sites for hydroxylation is 2. The number of piperidine rings is 1. The van der Waals surface area contributed by atoms with Gasteiger partial charge in [0.25, 0.3) is 5.91 Å². The number of hydrogen-bond acceptors (Lipinski definition) is 6. The highest BCUT2D eigenvalue weighted by molar-refractivity contribution is 5.99. The van der Waals surface area contributed by atoms with E-state index in [0.717, 1.165) is 43.7 Å². The molecule has 1 amide bonds. The number of aliphatic hydroxyl groups excluding tert-OH is 1. The van der Waals surface area contributed by atoms with E-state index in [1.807, 2.05) is 6.07 Å². The third kappa shape index (κ3) is 4.79. The van der Waals surface area contributed by atoms with E-state index in [-0.39, 0.29) is 18.4 Å². The summed E-state index contributed by atoms with van der Waals surface area (Å²) in [6, 6.07) is 2.92. The smallest absolute Gasteiger partial charge is 0.256 e. The Morgan fingerprint density at radius 1 is 1.27 bits per heavy atom. The van der Waals surface area contributed by atoms with E-state index in [1.165, 1.54) is 37.7 Å². The topological polar surface area (TPSA) is 104 Å². The van der Waals surface area contributed by atoms with Crippen LogP contribution in [0.2, 0.25) is 0 Å². The molecule has 30 heavy (non-hydrogen) atoms. The number of nitrogens with two attached hydrogens (primary N) is 1. The molecule has 1 saturated carbocycles. The summed E-state index contributed by atoms with van der Waals surface area (Å²) in [5.41, 5.74) is 8.73. The first-order valence-corrected chi connectivity index (χ1v) is 11.8. The predicted molar refractivity (Wildman–Crippen MR) is 119 cm³/mol. The summed E-state index contributed by atoms with van der Waals surface area (Å²) in [6.07, 6.45) is 10.0. The van der Waals surface area contributed by atoms with Crippen molar-refractivity contribution >= 4 is 11.7 Å². The summed E-state index contributed by atoms with van der Waals surface area (Å²) in [6.45, 7) is 3.46. The van der Waals surface area contributed by atoms with Gasteiger partial charge in [-0.3, -0.25) is 4.79 Å². The quantitative estimate of drug-likeness (QED) is 0.528. The summed E-state index contributed by atoms with van der Waals surface area (Å²) in [4.78, 5) is 20.0. The lowest BCUT2D eigenvalue weighted by molar-refractivity contribution is 0.0941. The second-order valence-electron chi connectivity index (χ2n) is 9.37. The van der Waals surface area contributed by atoms with Gasteiger partial charge in [0.15, 0.2) is 0 Å². The second kappa shape index (κ2) is 9.62. The van der Waals surface area contributed by atoms with E-state index in [2.05, 4.69) is 15.5 Å². The van der Waals surface area contributed by atoms with E-state index in [4.69, 9.17) is 10.7 Å². The molecular weight excluding hydrogens is 378 g/mol. The lowest BCUT2D eigenvalue weighted by atomic mass is 9.89. The van der Waals surface area contributed by atoms with Gasteiger partial charge >= 0.3 is 0 Å². The Morgan fingerprint density at radius 3 is 2.80 bits per heavy atom. The lowest BCUT2D eigenvalue weighted by Gasteiger charge is -2.41. The molecule has 2 fully saturated rings. The number of rotatable bonds is 6. The molecule has 7 heteroatoms. The zero-order chi connectivity index (χ0) is 21.1. The molecule has 1 saturated heterocycles. The molecule has 0 spiro atoms. The third-order valence-electron chi connectivity index (χ3n) is 6.96. The minimum absolute atomic E-state index is 0.139. The molecule has 0 radical (unpaired) electrons. The van der Waals surface area contributed by atoms with Gasteiger partial charge in [0.2, 0.25) is 0 Å². The van der Waals surface area contributed by atoms with Crippen LogP contribution in [-0.2, 0) is 12.8 Å². The number of pyridine rings is 1. The number of carbonyl (C=O) groups excluding carboxylic acids is 1. The number of nitrogens with zero attached hydrogens (tertiary/aromatic N) is 2. The third-order valence-corrected chi connectivity index (χ3v) is 6.96. The molecule has 4 rings (SSSR count). The number of aromatic nitrogens is 1. The molecule has 0 aromatic carbocycles. The number of anilines is 1. The van der Waals surface area contributed by atoms with Crippen molar-refractivity contribution in [2.24, 2.45) is 11.7 Å². The standard InChI is InChI=1S/C23H37N5O2/c1-15(24)25-23(30)19-12-16-6-5-9-20(16)27-22(19)28-11-10-21(17(13-28)14-29)26-18-7-3-2-4-8-18/h12,15,17-18,21,26,29H,2-11,13-14,24H2,1H3,(H,25,30). The number of hydrogen-bond donors (Lipinski definition) is 4. The van der Waals surface area contributed by atoms with Gasteiger partial charge in [-0.1, -0.05) is 19.3 Å². The summed E-state index contributed by atoms with van der Waals surface area (Å²) in [5, 5.41) is 16.8. The van der Waals surface area contributed by atoms with Crippen LogP contribution in [0, 0.1) is 5.92 Å². The van der Waals surface area contributed by atoms with Gasteiger partial charge in [0.05, 0.1) is 11.7 Å². The van der Waals surface area contributed by atoms with Crippen LogP contribution in [0.1, 0.15) is 73.5 Å². The van der Waals surface area contributed by atoms with E-state index < -0.39 is 6.17 Å². The Kier molecular flexibility index (Phi) is 6.91.